The lowest BCUT2D eigenvalue weighted by atomic mass is 10.1. The summed E-state index contributed by atoms with van der Waals surface area (Å²) in [5.74, 6) is 3.88. The summed E-state index contributed by atoms with van der Waals surface area (Å²) in [7, 11) is -4.00. The molecule has 6 heteroatoms. The van der Waals surface area contributed by atoms with Crippen LogP contribution in [0.1, 0.15) is 0 Å². The van der Waals surface area contributed by atoms with Gasteiger partial charge in [-0.2, -0.15) is 13.2 Å². The molecule has 102 valence electrons. The molecule has 0 heterocycles. The molecule has 0 aromatic heterocycles. The van der Waals surface area contributed by atoms with Crippen LogP contribution in [0, 0.1) is 22.9 Å². The molecule has 0 saturated carbocycles. The van der Waals surface area contributed by atoms with E-state index >= 15 is 0 Å². The predicted molar refractivity (Wildman–Crippen MR) is 73.2 cm³/mol. The Labute approximate surface area is 109 Å². The number of aliphatic hydroxyl groups is 1. The van der Waals surface area contributed by atoms with Gasteiger partial charge in [0.25, 0.3) is 5.60 Å². The molecule has 0 aliphatic heterocycles. The maximum absolute atomic E-state index is 12.8. The van der Waals surface area contributed by atoms with Crippen LogP contribution in [-0.2, 0) is 0 Å². The summed E-state index contributed by atoms with van der Waals surface area (Å²) in [5, 5.41) is 9.65. The topological polar surface area (TPSA) is 20.2 Å². The highest BCUT2D eigenvalue weighted by Gasteiger charge is 2.52. The summed E-state index contributed by atoms with van der Waals surface area (Å²) in [6, 6.07) is 0. The maximum atomic E-state index is 12.8. The van der Waals surface area contributed by atoms with Gasteiger partial charge in [-0.3, -0.25) is 0 Å². The Balaban J connectivity index is 5.60. The van der Waals surface area contributed by atoms with Crippen molar-refractivity contribution in [2.75, 3.05) is 0 Å². The third-order valence-corrected chi connectivity index (χ3v) is 3.40. The van der Waals surface area contributed by atoms with Gasteiger partial charge in [-0.25, -0.2) is 0 Å². The molecule has 1 N–H and O–H groups in total. The molecular formula is C12H19F3OSi2. The van der Waals surface area contributed by atoms with Crippen molar-refractivity contribution in [3.8, 4) is 22.9 Å². The summed E-state index contributed by atoms with van der Waals surface area (Å²) in [6.07, 6.45) is -4.85. The lowest BCUT2D eigenvalue weighted by Gasteiger charge is -2.20. The van der Waals surface area contributed by atoms with Crippen molar-refractivity contribution in [2.24, 2.45) is 0 Å². The van der Waals surface area contributed by atoms with Crippen molar-refractivity contribution in [3.63, 3.8) is 0 Å². The average Bonchev–Trinajstić information content (AvgIpc) is 2.07. The molecule has 0 rings (SSSR count). The lowest BCUT2D eigenvalue weighted by molar-refractivity contribution is -0.212. The molecule has 0 aliphatic rings. The van der Waals surface area contributed by atoms with Crippen LogP contribution in [0.2, 0.25) is 39.3 Å². The molecule has 18 heavy (non-hydrogen) atoms. The molecule has 0 bridgehead atoms. The SMILES string of the molecule is C[Si](C)(C)C#CC(O)(C#C[Si](C)(C)C)C(F)(F)F. The molecule has 0 aromatic rings. The number of rotatable bonds is 0. The highest BCUT2D eigenvalue weighted by molar-refractivity contribution is 6.84. The Hall–Kier alpha value is -0.696. The van der Waals surface area contributed by atoms with Gasteiger partial charge in [0.1, 0.15) is 16.1 Å². The summed E-state index contributed by atoms with van der Waals surface area (Å²) in [4.78, 5) is 0. The molecule has 0 amide bonds. The Morgan fingerprint density at radius 3 is 1.22 bits per heavy atom. The zero-order valence-electron chi connectivity index (χ0n) is 11.6. The van der Waals surface area contributed by atoms with Crippen LogP contribution in [0.15, 0.2) is 0 Å². The highest BCUT2D eigenvalue weighted by Crippen LogP contribution is 2.29. The first-order chi connectivity index (χ1) is 7.66. The van der Waals surface area contributed by atoms with E-state index < -0.39 is 27.9 Å². The zero-order chi connectivity index (χ0) is 14.8. The van der Waals surface area contributed by atoms with Crippen molar-refractivity contribution in [1.82, 2.24) is 0 Å². The van der Waals surface area contributed by atoms with Gasteiger partial charge in [0.05, 0.1) is 0 Å². The number of hydrogen-bond donors (Lipinski definition) is 1. The summed E-state index contributed by atoms with van der Waals surface area (Å²) < 4.78 is 38.5. The van der Waals surface area contributed by atoms with Crippen LogP contribution in [0.3, 0.4) is 0 Å². The molecule has 1 nitrogen and oxygen atoms in total. The van der Waals surface area contributed by atoms with E-state index in [9.17, 15) is 18.3 Å². The van der Waals surface area contributed by atoms with Crippen LogP contribution in [-0.4, -0.2) is 33.0 Å². The van der Waals surface area contributed by atoms with Crippen LogP contribution in [0.5, 0.6) is 0 Å². The van der Waals surface area contributed by atoms with Crippen molar-refractivity contribution in [1.29, 1.82) is 0 Å². The first kappa shape index (κ1) is 17.3. The van der Waals surface area contributed by atoms with E-state index in [4.69, 9.17) is 0 Å². The minimum Gasteiger partial charge on any atom is -0.360 e. The minimum atomic E-state index is -4.85. The molecule has 0 spiro atoms. The minimum absolute atomic E-state index is 1.81. The monoisotopic (exact) mass is 292 g/mol. The second kappa shape index (κ2) is 5.12. The van der Waals surface area contributed by atoms with Gasteiger partial charge < -0.3 is 5.11 Å². The highest BCUT2D eigenvalue weighted by atomic mass is 28.3. The maximum Gasteiger partial charge on any atom is 0.440 e. The third-order valence-electron chi connectivity index (χ3n) is 1.65. The summed E-state index contributed by atoms with van der Waals surface area (Å²) >= 11 is 0. The second-order valence-electron chi connectivity index (χ2n) is 6.21. The molecule has 0 unspecified atom stereocenters. The van der Waals surface area contributed by atoms with Crippen molar-refractivity contribution < 1.29 is 18.3 Å². The van der Waals surface area contributed by atoms with Crippen molar-refractivity contribution in [2.45, 2.75) is 51.1 Å². The molecule has 0 fully saturated rings. The molecule has 0 atom stereocenters. The van der Waals surface area contributed by atoms with E-state index in [0.717, 1.165) is 0 Å². The smallest absolute Gasteiger partial charge is 0.360 e. The quantitative estimate of drug-likeness (QED) is 0.537. The fourth-order valence-electron chi connectivity index (χ4n) is 0.729. The van der Waals surface area contributed by atoms with Gasteiger partial charge in [0.2, 0.25) is 0 Å². The Bertz CT molecular complexity index is 387. The number of halogens is 3. The van der Waals surface area contributed by atoms with Crippen molar-refractivity contribution in [3.05, 3.63) is 0 Å². The second-order valence-corrected chi connectivity index (χ2v) is 15.7. The number of alkyl halides is 3. The van der Waals surface area contributed by atoms with E-state index in [1.807, 2.05) is 51.1 Å². The molecule has 0 aliphatic carbocycles. The van der Waals surface area contributed by atoms with Gasteiger partial charge in [-0.15, -0.1) is 11.1 Å². The predicted octanol–water partition coefficient (Wildman–Crippen LogP) is 3.04. The molecule has 0 saturated heterocycles. The van der Waals surface area contributed by atoms with Gasteiger partial charge in [0, 0.05) is 0 Å². The van der Waals surface area contributed by atoms with Crippen molar-refractivity contribution >= 4 is 16.1 Å². The van der Waals surface area contributed by atoms with Gasteiger partial charge in [-0.1, -0.05) is 51.1 Å². The Morgan fingerprint density at radius 2 is 1.06 bits per heavy atom. The van der Waals surface area contributed by atoms with Gasteiger partial charge >= 0.3 is 6.18 Å². The van der Waals surface area contributed by atoms with E-state index in [-0.39, 0.29) is 0 Å². The standard InChI is InChI=1S/C12H19F3OSi2/c1-17(2,3)9-7-11(16,12(13,14)15)8-10-18(4,5)6/h16H,1-6H3. The fourth-order valence-corrected chi connectivity index (χ4v) is 1.84. The van der Waals surface area contributed by atoms with Crippen LogP contribution >= 0.6 is 0 Å². The van der Waals surface area contributed by atoms with E-state index in [0.29, 0.717) is 0 Å². The van der Waals surface area contributed by atoms with Gasteiger partial charge in [-0.05, 0) is 0 Å². The van der Waals surface area contributed by atoms with Crippen LogP contribution < -0.4 is 0 Å². The van der Waals surface area contributed by atoms with E-state index in [2.05, 4.69) is 11.1 Å². The normalized spacial score (nSPS) is 13.2. The fraction of sp³-hybridized carbons (Fsp3) is 0.667. The van der Waals surface area contributed by atoms with E-state index in [1.54, 1.807) is 0 Å². The Morgan fingerprint density at radius 1 is 0.778 bits per heavy atom. The van der Waals surface area contributed by atoms with Crippen LogP contribution in [0.25, 0.3) is 0 Å². The Kier molecular flexibility index (Phi) is 4.92. The summed E-state index contributed by atoms with van der Waals surface area (Å²) in [6.45, 7) is 10.8. The van der Waals surface area contributed by atoms with E-state index in [1.165, 1.54) is 0 Å². The van der Waals surface area contributed by atoms with Crippen LogP contribution in [0.4, 0.5) is 13.2 Å². The molecular weight excluding hydrogens is 273 g/mol. The molecule has 0 aromatic carbocycles. The first-order valence-corrected chi connectivity index (χ1v) is 12.5. The largest absolute Gasteiger partial charge is 0.440 e. The lowest BCUT2D eigenvalue weighted by Crippen LogP contribution is -2.43. The molecule has 0 radical (unpaired) electrons. The number of hydrogen-bond acceptors (Lipinski definition) is 1. The zero-order valence-corrected chi connectivity index (χ0v) is 13.6. The van der Waals surface area contributed by atoms with Gasteiger partial charge in [0.15, 0.2) is 0 Å². The first-order valence-electron chi connectivity index (χ1n) is 5.54. The average molecular weight is 292 g/mol. The third kappa shape index (κ3) is 6.29. The summed E-state index contributed by atoms with van der Waals surface area (Å²) in [5.41, 5.74) is 1.87.